The molecule has 2 fully saturated rings. The highest BCUT2D eigenvalue weighted by atomic mass is 16.5. The van der Waals surface area contributed by atoms with Gasteiger partial charge in [0.1, 0.15) is 0 Å². The summed E-state index contributed by atoms with van der Waals surface area (Å²) in [6, 6.07) is 0.268. The molecule has 1 amide bonds. The Balaban J connectivity index is 1.99. The van der Waals surface area contributed by atoms with Crippen LogP contribution in [0.2, 0.25) is 0 Å². The molecule has 2 N–H and O–H groups in total. The van der Waals surface area contributed by atoms with Crippen LogP contribution in [0.25, 0.3) is 0 Å². The van der Waals surface area contributed by atoms with Crippen LogP contribution < -0.4 is 5.73 Å². The van der Waals surface area contributed by atoms with Crippen molar-refractivity contribution in [1.29, 1.82) is 0 Å². The highest BCUT2D eigenvalue weighted by molar-refractivity contribution is 5.79. The van der Waals surface area contributed by atoms with Crippen molar-refractivity contribution in [2.75, 3.05) is 13.1 Å². The number of rotatable bonds is 1. The summed E-state index contributed by atoms with van der Waals surface area (Å²) in [6.45, 7) is 9.74. The fourth-order valence-electron chi connectivity index (χ4n) is 3.52. The number of ether oxygens (including phenoxy) is 1. The Morgan fingerprint density at radius 1 is 1.32 bits per heavy atom. The quantitative estimate of drug-likeness (QED) is 0.788. The van der Waals surface area contributed by atoms with Crippen molar-refractivity contribution in [2.45, 2.75) is 64.7 Å². The molecule has 0 radical (unpaired) electrons. The maximum absolute atomic E-state index is 12.7. The fraction of sp³-hybridized carbons (Fsp3) is 0.933. The molecule has 1 saturated carbocycles. The minimum atomic E-state index is -0.232. The third-order valence-corrected chi connectivity index (χ3v) is 4.47. The maximum Gasteiger partial charge on any atom is 0.225 e. The molecule has 19 heavy (non-hydrogen) atoms. The molecular weight excluding hydrogens is 240 g/mol. The van der Waals surface area contributed by atoms with Gasteiger partial charge in [-0.3, -0.25) is 4.79 Å². The van der Waals surface area contributed by atoms with E-state index in [-0.39, 0.29) is 23.7 Å². The summed E-state index contributed by atoms with van der Waals surface area (Å²) < 4.78 is 5.87. The van der Waals surface area contributed by atoms with E-state index in [9.17, 15) is 4.79 Å². The van der Waals surface area contributed by atoms with Crippen molar-refractivity contribution in [3.63, 3.8) is 0 Å². The highest BCUT2D eigenvalue weighted by Crippen LogP contribution is 2.31. The van der Waals surface area contributed by atoms with Crippen LogP contribution in [0, 0.1) is 11.8 Å². The molecule has 1 aliphatic carbocycles. The lowest BCUT2D eigenvalue weighted by molar-refractivity contribution is -0.162. The molecule has 0 aromatic heterocycles. The van der Waals surface area contributed by atoms with E-state index in [4.69, 9.17) is 10.5 Å². The zero-order valence-corrected chi connectivity index (χ0v) is 12.7. The predicted octanol–water partition coefficient (Wildman–Crippen LogP) is 1.78. The molecule has 0 aromatic carbocycles. The summed E-state index contributed by atoms with van der Waals surface area (Å²) >= 11 is 0. The summed E-state index contributed by atoms with van der Waals surface area (Å²) in [7, 11) is 0. The summed E-state index contributed by atoms with van der Waals surface area (Å²) in [5.74, 6) is 0.923. The minimum Gasteiger partial charge on any atom is -0.369 e. The number of morpholine rings is 1. The Bertz CT molecular complexity index is 343. The van der Waals surface area contributed by atoms with Crippen molar-refractivity contribution in [1.82, 2.24) is 4.90 Å². The van der Waals surface area contributed by atoms with Gasteiger partial charge in [-0.05, 0) is 46.0 Å². The summed E-state index contributed by atoms with van der Waals surface area (Å²) in [5, 5.41) is 0. The van der Waals surface area contributed by atoms with Crippen molar-refractivity contribution < 1.29 is 9.53 Å². The Labute approximate surface area is 116 Å². The van der Waals surface area contributed by atoms with Gasteiger partial charge in [0.05, 0.1) is 11.7 Å². The third kappa shape index (κ3) is 3.48. The van der Waals surface area contributed by atoms with E-state index in [0.717, 1.165) is 25.8 Å². The molecular formula is C15H28N2O2. The van der Waals surface area contributed by atoms with E-state index in [0.29, 0.717) is 18.4 Å². The van der Waals surface area contributed by atoms with Gasteiger partial charge in [0.15, 0.2) is 0 Å². The second-order valence-electron chi connectivity index (χ2n) is 7.06. The van der Waals surface area contributed by atoms with Crippen LogP contribution in [0.15, 0.2) is 0 Å². The van der Waals surface area contributed by atoms with Crippen molar-refractivity contribution in [2.24, 2.45) is 17.6 Å². The first-order valence-electron chi connectivity index (χ1n) is 7.50. The van der Waals surface area contributed by atoms with Gasteiger partial charge in [-0.1, -0.05) is 6.92 Å². The Morgan fingerprint density at radius 3 is 2.58 bits per heavy atom. The topological polar surface area (TPSA) is 55.6 Å². The van der Waals surface area contributed by atoms with E-state index in [1.807, 2.05) is 11.8 Å². The van der Waals surface area contributed by atoms with Gasteiger partial charge in [-0.2, -0.15) is 0 Å². The van der Waals surface area contributed by atoms with Gasteiger partial charge in [0, 0.05) is 25.0 Å². The lowest BCUT2D eigenvalue weighted by Gasteiger charge is -2.44. The number of nitrogens with zero attached hydrogens (tertiary/aromatic N) is 1. The maximum atomic E-state index is 12.7. The fourth-order valence-corrected chi connectivity index (χ4v) is 3.52. The molecule has 2 rings (SSSR count). The predicted molar refractivity (Wildman–Crippen MR) is 75.7 cm³/mol. The average Bonchev–Trinajstić information content (AvgIpc) is 2.29. The summed E-state index contributed by atoms with van der Waals surface area (Å²) in [5.41, 5.74) is 5.81. The van der Waals surface area contributed by atoms with Crippen molar-refractivity contribution in [3.05, 3.63) is 0 Å². The third-order valence-electron chi connectivity index (χ3n) is 4.47. The van der Waals surface area contributed by atoms with Gasteiger partial charge in [0.2, 0.25) is 5.91 Å². The van der Waals surface area contributed by atoms with E-state index >= 15 is 0 Å². The number of hydrogen-bond acceptors (Lipinski definition) is 3. The lowest BCUT2D eigenvalue weighted by Crippen LogP contribution is -2.55. The normalized spacial score (nSPS) is 39.1. The Morgan fingerprint density at radius 2 is 2.00 bits per heavy atom. The second kappa shape index (κ2) is 5.41. The molecule has 4 heteroatoms. The zero-order valence-electron chi connectivity index (χ0n) is 12.7. The highest BCUT2D eigenvalue weighted by Gasteiger charge is 2.38. The van der Waals surface area contributed by atoms with Crippen LogP contribution in [0.3, 0.4) is 0 Å². The zero-order chi connectivity index (χ0) is 14.2. The Kier molecular flexibility index (Phi) is 4.21. The lowest BCUT2D eigenvalue weighted by atomic mass is 9.78. The van der Waals surface area contributed by atoms with Gasteiger partial charge in [0.25, 0.3) is 0 Å². The van der Waals surface area contributed by atoms with Crippen LogP contribution in [-0.2, 0) is 9.53 Å². The van der Waals surface area contributed by atoms with Gasteiger partial charge >= 0.3 is 0 Å². The van der Waals surface area contributed by atoms with E-state index in [2.05, 4.69) is 20.8 Å². The number of nitrogens with two attached hydrogens (primary N) is 1. The van der Waals surface area contributed by atoms with Crippen LogP contribution in [0.5, 0.6) is 0 Å². The second-order valence-corrected chi connectivity index (χ2v) is 7.06. The van der Waals surface area contributed by atoms with E-state index in [1.165, 1.54) is 0 Å². The molecule has 0 spiro atoms. The minimum absolute atomic E-state index is 0.121. The first kappa shape index (κ1) is 14.8. The standard InChI is InChI=1S/C15H28N2O2/c1-10-7-12(5-6-13(10)16)14(18)17-8-11(2)19-15(3,4)9-17/h10-13H,5-9,16H2,1-4H3. The van der Waals surface area contributed by atoms with E-state index < -0.39 is 0 Å². The summed E-state index contributed by atoms with van der Waals surface area (Å²) in [4.78, 5) is 14.7. The largest absolute Gasteiger partial charge is 0.369 e. The molecule has 0 aromatic rings. The van der Waals surface area contributed by atoms with Crippen LogP contribution in [0.4, 0.5) is 0 Å². The van der Waals surface area contributed by atoms with Crippen LogP contribution in [0.1, 0.15) is 47.0 Å². The first-order valence-corrected chi connectivity index (χ1v) is 7.50. The molecule has 1 aliphatic heterocycles. The van der Waals surface area contributed by atoms with Gasteiger partial charge < -0.3 is 15.4 Å². The number of carbonyl (C=O) groups excluding carboxylic acids is 1. The van der Waals surface area contributed by atoms with E-state index in [1.54, 1.807) is 0 Å². The number of amides is 1. The molecule has 4 atom stereocenters. The monoisotopic (exact) mass is 268 g/mol. The van der Waals surface area contributed by atoms with Gasteiger partial charge in [-0.25, -0.2) is 0 Å². The number of carbonyl (C=O) groups is 1. The molecule has 4 nitrogen and oxygen atoms in total. The first-order chi connectivity index (χ1) is 8.78. The number of hydrogen-bond donors (Lipinski definition) is 1. The SMILES string of the molecule is CC1CN(C(=O)C2CCC(N)C(C)C2)CC(C)(C)O1. The molecule has 1 heterocycles. The van der Waals surface area contributed by atoms with Crippen molar-refractivity contribution >= 4 is 5.91 Å². The summed E-state index contributed by atoms with van der Waals surface area (Å²) in [6.07, 6.45) is 2.97. The van der Waals surface area contributed by atoms with Crippen molar-refractivity contribution in [3.8, 4) is 0 Å². The average molecular weight is 268 g/mol. The van der Waals surface area contributed by atoms with Crippen LogP contribution in [-0.4, -0.2) is 41.6 Å². The smallest absolute Gasteiger partial charge is 0.225 e. The molecule has 1 saturated heterocycles. The Hall–Kier alpha value is -0.610. The molecule has 4 unspecified atom stereocenters. The molecule has 0 bridgehead atoms. The molecule has 2 aliphatic rings. The molecule has 110 valence electrons. The van der Waals surface area contributed by atoms with Gasteiger partial charge in [-0.15, -0.1) is 0 Å². The van der Waals surface area contributed by atoms with Crippen LogP contribution >= 0.6 is 0 Å².